The van der Waals surface area contributed by atoms with Gasteiger partial charge in [0.05, 0.1) is 25.1 Å². The minimum atomic E-state index is -0.596. The van der Waals surface area contributed by atoms with Crippen LogP contribution in [0.25, 0.3) is 0 Å². The van der Waals surface area contributed by atoms with Gasteiger partial charge in [-0.3, -0.25) is 9.59 Å². The Labute approximate surface area is 121 Å². The fourth-order valence-electron chi connectivity index (χ4n) is 1.34. The zero-order valence-corrected chi connectivity index (χ0v) is 12.3. The van der Waals surface area contributed by atoms with Crippen LogP contribution in [0.1, 0.15) is 13.8 Å². The average molecular weight is 304 g/mol. The lowest BCUT2D eigenvalue weighted by Gasteiger charge is -2.16. The second kappa shape index (κ2) is 7.25. The fraction of sp³-hybridized carbons (Fsp3) is 0.583. The maximum absolute atomic E-state index is 11.9. The van der Waals surface area contributed by atoms with Crippen LogP contribution in [-0.2, 0) is 16.1 Å². The molecule has 1 unspecified atom stereocenters. The molecule has 0 fully saturated rings. The number of nitrogens with zero attached hydrogens (tertiary/aromatic N) is 2. The summed E-state index contributed by atoms with van der Waals surface area (Å²) in [6.45, 7) is 3.70. The van der Waals surface area contributed by atoms with E-state index in [1.54, 1.807) is 0 Å². The van der Waals surface area contributed by atoms with Gasteiger partial charge in [0.1, 0.15) is 11.6 Å². The summed E-state index contributed by atoms with van der Waals surface area (Å²) in [5.74, 6) is -0.513. The number of carbonyl (C=O) groups is 1. The third-order valence-corrected chi connectivity index (χ3v) is 3.13. The average Bonchev–Trinajstić information content (AvgIpc) is 2.42. The van der Waals surface area contributed by atoms with Gasteiger partial charge < -0.3 is 15.2 Å². The summed E-state index contributed by atoms with van der Waals surface area (Å²) in [5, 5.41) is 16.3. The Balaban J connectivity index is 2.84. The van der Waals surface area contributed by atoms with E-state index in [0.717, 1.165) is 4.68 Å². The molecular weight excluding hydrogens is 286 g/mol. The van der Waals surface area contributed by atoms with Gasteiger partial charge in [0.2, 0.25) is 0 Å². The normalized spacial score (nSPS) is 12.3. The molecule has 112 valence electrons. The van der Waals surface area contributed by atoms with E-state index in [2.05, 4.69) is 15.2 Å². The molecule has 7 nitrogen and oxygen atoms in total. The lowest BCUT2D eigenvalue weighted by atomic mass is 10.1. The molecule has 1 atom stereocenters. The van der Waals surface area contributed by atoms with Crippen LogP contribution >= 0.6 is 11.6 Å². The van der Waals surface area contributed by atoms with Crippen LogP contribution < -0.4 is 10.9 Å². The van der Waals surface area contributed by atoms with E-state index >= 15 is 0 Å². The number of esters is 1. The highest BCUT2D eigenvalue weighted by Crippen LogP contribution is 2.15. The van der Waals surface area contributed by atoms with Crippen LogP contribution in [0.4, 0.5) is 5.69 Å². The smallest absolute Gasteiger partial charge is 0.327 e. The standard InChI is InChI=1S/C12H18ClN3O4/c1-7(2)9(17)5-14-8-4-15-16(6-10(18)20-3)12(19)11(8)13/h4,7,9,14,17H,5-6H2,1-3H3. The van der Waals surface area contributed by atoms with E-state index in [4.69, 9.17) is 11.6 Å². The highest BCUT2D eigenvalue weighted by atomic mass is 35.5. The van der Waals surface area contributed by atoms with E-state index in [1.807, 2.05) is 13.8 Å². The van der Waals surface area contributed by atoms with Crippen molar-refractivity contribution in [3.05, 3.63) is 21.6 Å². The molecule has 2 N–H and O–H groups in total. The van der Waals surface area contributed by atoms with E-state index in [1.165, 1.54) is 13.3 Å². The van der Waals surface area contributed by atoms with E-state index < -0.39 is 17.6 Å². The first-order valence-electron chi connectivity index (χ1n) is 6.11. The van der Waals surface area contributed by atoms with Crippen molar-refractivity contribution in [1.29, 1.82) is 0 Å². The molecule has 20 heavy (non-hydrogen) atoms. The molecule has 0 bridgehead atoms. The summed E-state index contributed by atoms with van der Waals surface area (Å²) in [7, 11) is 1.22. The molecule has 0 aliphatic carbocycles. The number of nitrogens with one attached hydrogen (secondary N) is 1. The number of ether oxygens (including phenoxy) is 1. The van der Waals surface area contributed by atoms with Gasteiger partial charge in [-0.1, -0.05) is 25.4 Å². The summed E-state index contributed by atoms with van der Waals surface area (Å²) < 4.78 is 5.37. The number of anilines is 1. The van der Waals surface area contributed by atoms with Gasteiger partial charge in [0, 0.05) is 6.54 Å². The maximum Gasteiger partial charge on any atom is 0.327 e. The molecule has 1 aromatic heterocycles. The Hall–Kier alpha value is -1.60. The number of carbonyl (C=O) groups excluding carboxylic acids is 1. The molecule has 0 saturated heterocycles. The number of aromatic nitrogens is 2. The van der Waals surface area contributed by atoms with Gasteiger partial charge in [-0.05, 0) is 5.92 Å². The van der Waals surface area contributed by atoms with Crippen molar-refractivity contribution < 1.29 is 14.6 Å². The quantitative estimate of drug-likeness (QED) is 0.743. The monoisotopic (exact) mass is 303 g/mol. The van der Waals surface area contributed by atoms with Crippen molar-refractivity contribution >= 4 is 23.3 Å². The van der Waals surface area contributed by atoms with Crippen molar-refractivity contribution in [3.63, 3.8) is 0 Å². The van der Waals surface area contributed by atoms with Crippen molar-refractivity contribution in [2.75, 3.05) is 19.0 Å². The molecule has 0 radical (unpaired) electrons. The summed E-state index contributed by atoms with van der Waals surface area (Å²) in [6.07, 6.45) is 0.767. The molecule has 0 saturated carbocycles. The second-order valence-corrected chi connectivity index (χ2v) is 4.98. The van der Waals surface area contributed by atoms with Crippen molar-refractivity contribution in [2.24, 2.45) is 5.92 Å². The van der Waals surface area contributed by atoms with Gasteiger partial charge in [-0.25, -0.2) is 4.68 Å². The van der Waals surface area contributed by atoms with Gasteiger partial charge in [0.15, 0.2) is 0 Å². The number of halogens is 1. The third-order valence-electron chi connectivity index (χ3n) is 2.76. The highest BCUT2D eigenvalue weighted by molar-refractivity contribution is 6.32. The molecule has 8 heteroatoms. The number of hydrogen-bond donors (Lipinski definition) is 2. The van der Waals surface area contributed by atoms with Crippen molar-refractivity contribution in [1.82, 2.24) is 9.78 Å². The minimum absolute atomic E-state index is 0.0777. The highest BCUT2D eigenvalue weighted by Gasteiger charge is 2.14. The topological polar surface area (TPSA) is 93.5 Å². The molecular formula is C12H18ClN3O4. The number of rotatable bonds is 6. The minimum Gasteiger partial charge on any atom is -0.468 e. The molecule has 1 heterocycles. The number of aliphatic hydroxyl groups is 1. The SMILES string of the molecule is COC(=O)Cn1ncc(NCC(O)C(C)C)c(Cl)c1=O. The first kappa shape index (κ1) is 16.5. The van der Waals surface area contributed by atoms with Crippen LogP contribution in [0.2, 0.25) is 5.02 Å². The largest absolute Gasteiger partial charge is 0.468 e. The number of methoxy groups -OCH3 is 1. The van der Waals surface area contributed by atoms with Crippen molar-refractivity contribution in [2.45, 2.75) is 26.5 Å². The lowest BCUT2D eigenvalue weighted by molar-refractivity contribution is -0.141. The van der Waals surface area contributed by atoms with Crippen molar-refractivity contribution in [3.8, 4) is 0 Å². The molecule has 1 aromatic rings. The molecule has 0 aliphatic rings. The van der Waals surface area contributed by atoms with E-state index in [9.17, 15) is 14.7 Å². The predicted octanol–water partition coefficient (Wildman–Crippen LogP) is 0.498. The Bertz CT molecular complexity index is 530. The summed E-state index contributed by atoms with van der Waals surface area (Å²) in [5.41, 5.74) is -0.279. The van der Waals surface area contributed by atoms with E-state index in [0.29, 0.717) is 5.69 Å². The first-order valence-corrected chi connectivity index (χ1v) is 6.49. The van der Waals surface area contributed by atoms with Gasteiger partial charge >= 0.3 is 5.97 Å². The van der Waals surface area contributed by atoms with Crippen LogP contribution in [0.15, 0.2) is 11.0 Å². The molecule has 0 aliphatic heterocycles. The Morgan fingerprint density at radius 1 is 1.60 bits per heavy atom. The summed E-state index contributed by atoms with van der Waals surface area (Å²) in [6, 6.07) is 0. The maximum atomic E-state index is 11.9. The zero-order valence-electron chi connectivity index (χ0n) is 11.6. The van der Waals surface area contributed by atoms with E-state index in [-0.39, 0.29) is 24.0 Å². The Morgan fingerprint density at radius 3 is 2.80 bits per heavy atom. The number of hydrogen-bond acceptors (Lipinski definition) is 6. The number of aliphatic hydroxyl groups excluding tert-OH is 1. The summed E-state index contributed by atoms with van der Waals surface area (Å²) in [4.78, 5) is 23.0. The molecule has 0 amide bonds. The first-order chi connectivity index (χ1) is 9.36. The van der Waals surface area contributed by atoms with Crippen LogP contribution in [0.3, 0.4) is 0 Å². The molecule has 0 aromatic carbocycles. The third kappa shape index (κ3) is 4.21. The van der Waals surface area contributed by atoms with Crippen LogP contribution in [-0.4, -0.2) is 40.6 Å². The Kier molecular flexibility index (Phi) is 5.97. The van der Waals surface area contributed by atoms with Gasteiger partial charge in [0.25, 0.3) is 5.56 Å². The lowest BCUT2D eigenvalue weighted by Crippen LogP contribution is -2.30. The molecule has 0 spiro atoms. The molecule has 1 rings (SSSR count). The van der Waals surface area contributed by atoms with Crippen LogP contribution in [0, 0.1) is 5.92 Å². The van der Waals surface area contributed by atoms with Gasteiger partial charge in [-0.15, -0.1) is 0 Å². The second-order valence-electron chi connectivity index (χ2n) is 4.60. The fourth-order valence-corrected chi connectivity index (χ4v) is 1.55. The zero-order chi connectivity index (χ0) is 15.3. The predicted molar refractivity (Wildman–Crippen MR) is 74.9 cm³/mol. The summed E-state index contributed by atoms with van der Waals surface area (Å²) >= 11 is 5.92. The Morgan fingerprint density at radius 2 is 2.25 bits per heavy atom. The van der Waals surface area contributed by atoms with Gasteiger partial charge in [-0.2, -0.15) is 5.10 Å². The van der Waals surface area contributed by atoms with Crippen LogP contribution in [0.5, 0.6) is 0 Å².